The van der Waals surface area contributed by atoms with E-state index in [-0.39, 0.29) is 24.1 Å². The van der Waals surface area contributed by atoms with Crippen LogP contribution in [0.25, 0.3) is 10.9 Å². The fourth-order valence-electron chi connectivity index (χ4n) is 3.70. The molecule has 0 aliphatic heterocycles. The normalized spacial score (nSPS) is 12.1. The van der Waals surface area contributed by atoms with Gasteiger partial charge in [0.25, 0.3) is 0 Å². The van der Waals surface area contributed by atoms with Crippen LogP contribution in [0.3, 0.4) is 0 Å². The third kappa shape index (κ3) is 4.19. The van der Waals surface area contributed by atoms with Crippen molar-refractivity contribution in [1.29, 1.82) is 0 Å². The van der Waals surface area contributed by atoms with Crippen molar-refractivity contribution < 1.29 is 9.18 Å². The highest BCUT2D eigenvalue weighted by atomic mass is 19.1. The average molecular weight is 387 g/mol. The van der Waals surface area contributed by atoms with Crippen LogP contribution in [0.5, 0.6) is 0 Å². The molecule has 2 heterocycles. The molecule has 0 saturated heterocycles. The van der Waals surface area contributed by atoms with Crippen molar-refractivity contribution in [1.82, 2.24) is 14.9 Å². The van der Waals surface area contributed by atoms with Gasteiger partial charge < -0.3 is 9.88 Å². The molecule has 0 aliphatic carbocycles. The minimum Gasteiger partial charge on any atom is -0.350 e. The van der Waals surface area contributed by atoms with Crippen LogP contribution >= 0.6 is 0 Å². The highest BCUT2D eigenvalue weighted by Crippen LogP contribution is 2.34. The molecule has 4 rings (SSSR count). The van der Waals surface area contributed by atoms with Gasteiger partial charge in [0.05, 0.1) is 12.2 Å². The van der Waals surface area contributed by atoms with Crippen molar-refractivity contribution in [3.63, 3.8) is 0 Å². The zero-order valence-corrected chi connectivity index (χ0v) is 16.2. The average Bonchev–Trinajstić information content (AvgIpc) is 3.09. The molecule has 29 heavy (non-hydrogen) atoms. The molecule has 1 atom stereocenters. The van der Waals surface area contributed by atoms with Crippen LogP contribution in [0, 0.1) is 5.82 Å². The van der Waals surface area contributed by atoms with E-state index in [1.807, 2.05) is 37.4 Å². The van der Waals surface area contributed by atoms with Crippen molar-refractivity contribution in [2.75, 3.05) is 0 Å². The van der Waals surface area contributed by atoms with Gasteiger partial charge in [0.15, 0.2) is 0 Å². The number of rotatable bonds is 6. The molecule has 4 nitrogen and oxygen atoms in total. The van der Waals surface area contributed by atoms with E-state index >= 15 is 0 Å². The van der Waals surface area contributed by atoms with E-state index < -0.39 is 0 Å². The zero-order valence-electron chi connectivity index (χ0n) is 16.2. The molecule has 2 aromatic carbocycles. The number of carbonyl (C=O) groups is 1. The lowest BCUT2D eigenvalue weighted by molar-refractivity contribution is -0.121. The Kier molecular flexibility index (Phi) is 5.38. The zero-order chi connectivity index (χ0) is 20.2. The summed E-state index contributed by atoms with van der Waals surface area (Å²) in [6.45, 7) is 0.380. The number of carbonyl (C=O) groups excluding carboxylic acids is 1. The molecule has 1 N–H and O–H groups in total. The largest absolute Gasteiger partial charge is 0.350 e. The summed E-state index contributed by atoms with van der Waals surface area (Å²) >= 11 is 0. The Balaban J connectivity index is 1.63. The lowest BCUT2D eigenvalue weighted by Gasteiger charge is -2.17. The number of nitrogens with zero attached hydrogens (tertiary/aromatic N) is 2. The summed E-state index contributed by atoms with van der Waals surface area (Å²) in [6.07, 6.45) is 4.04. The topological polar surface area (TPSA) is 46.9 Å². The monoisotopic (exact) mass is 387 g/mol. The maximum Gasteiger partial charge on any atom is 0.221 e. The number of hydrogen-bond acceptors (Lipinski definition) is 2. The molecule has 0 aliphatic rings. The van der Waals surface area contributed by atoms with E-state index in [0.717, 1.165) is 27.7 Å². The van der Waals surface area contributed by atoms with Crippen molar-refractivity contribution in [2.45, 2.75) is 18.9 Å². The predicted molar refractivity (Wildman–Crippen MR) is 112 cm³/mol. The molecular weight excluding hydrogens is 365 g/mol. The quantitative estimate of drug-likeness (QED) is 0.528. The first-order chi connectivity index (χ1) is 14.1. The number of aryl methyl sites for hydroxylation is 1. The van der Waals surface area contributed by atoms with Gasteiger partial charge in [-0.3, -0.25) is 9.78 Å². The Hall–Kier alpha value is -3.47. The van der Waals surface area contributed by atoms with E-state index in [1.165, 1.54) is 12.1 Å². The summed E-state index contributed by atoms with van der Waals surface area (Å²) in [7, 11) is 1.99. The van der Waals surface area contributed by atoms with Gasteiger partial charge in [-0.1, -0.05) is 36.4 Å². The molecule has 0 radical (unpaired) electrons. The molecule has 4 aromatic rings. The van der Waals surface area contributed by atoms with Crippen molar-refractivity contribution >= 4 is 16.8 Å². The first-order valence-corrected chi connectivity index (χ1v) is 9.58. The van der Waals surface area contributed by atoms with Crippen LogP contribution in [0.4, 0.5) is 4.39 Å². The molecular formula is C24H22FN3O. The summed E-state index contributed by atoms with van der Waals surface area (Å²) in [5.41, 5.74) is 3.88. The Morgan fingerprint density at radius 2 is 1.83 bits per heavy atom. The van der Waals surface area contributed by atoms with Crippen LogP contribution in [-0.2, 0) is 18.4 Å². The number of aromatic nitrogens is 2. The lowest BCUT2D eigenvalue weighted by Crippen LogP contribution is -2.25. The number of amides is 1. The van der Waals surface area contributed by atoms with Crippen LogP contribution in [-0.4, -0.2) is 15.5 Å². The predicted octanol–water partition coefficient (Wildman–Crippen LogP) is 4.55. The van der Waals surface area contributed by atoms with Crippen LogP contribution in [0.15, 0.2) is 79.1 Å². The highest BCUT2D eigenvalue weighted by molar-refractivity contribution is 5.86. The van der Waals surface area contributed by atoms with Crippen molar-refractivity contribution in [3.05, 3.63) is 102 Å². The number of benzene rings is 2. The Morgan fingerprint density at radius 3 is 2.59 bits per heavy atom. The third-order valence-electron chi connectivity index (χ3n) is 5.16. The minimum atomic E-state index is -0.287. The molecule has 0 bridgehead atoms. The van der Waals surface area contributed by atoms with Crippen LogP contribution in [0.1, 0.15) is 29.2 Å². The molecule has 0 fully saturated rings. The summed E-state index contributed by atoms with van der Waals surface area (Å²) in [4.78, 5) is 17.0. The first-order valence-electron chi connectivity index (χ1n) is 9.58. The molecule has 2 aromatic heterocycles. The standard InChI is InChI=1S/C24H22FN3O/c1-28-16-22(20-7-2-3-8-23(20)28)21(17-9-11-18(25)12-10-17)14-24(29)27-15-19-6-4-5-13-26-19/h2-13,16,21H,14-15H2,1H3,(H,27,29). The second kappa shape index (κ2) is 8.27. The van der Waals surface area contributed by atoms with E-state index in [2.05, 4.69) is 33.2 Å². The number of nitrogens with one attached hydrogen (secondary N) is 1. The maximum atomic E-state index is 13.5. The smallest absolute Gasteiger partial charge is 0.221 e. The number of pyridine rings is 1. The second-order valence-corrected chi connectivity index (χ2v) is 7.12. The van der Waals surface area contributed by atoms with Gasteiger partial charge in [0, 0.05) is 42.7 Å². The molecule has 0 spiro atoms. The highest BCUT2D eigenvalue weighted by Gasteiger charge is 2.22. The number of halogens is 1. The van der Waals surface area contributed by atoms with E-state index in [4.69, 9.17) is 0 Å². The SMILES string of the molecule is Cn1cc(C(CC(=O)NCc2ccccn2)c2ccc(F)cc2)c2ccccc21. The molecule has 1 amide bonds. The Morgan fingerprint density at radius 1 is 1.07 bits per heavy atom. The molecule has 0 saturated carbocycles. The van der Waals surface area contributed by atoms with Crippen molar-refractivity contribution in [3.8, 4) is 0 Å². The van der Waals surface area contributed by atoms with Crippen LogP contribution in [0.2, 0.25) is 0 Å². The molecule has 146 valence electrons. The summed E-state index contributed by atoms with van der Waals surface area (Å²) in [5, 5.41) is 4.05. The summed E-state index contributed by atoms with van der Waals surface area (Å²) in [5.74, 6) is -0.534. The lowest BCUT2D eigenvalue weighted by atomic mass is 9.88. The number of fused-ring (bicyclic) bond motifs is 1. The third-order valence-corrected chi connectivity index (χ3v) is 5.16. The number of para-hydroxylation sites is 1. The van der Waals surface area contributed by atoms with Crippen LogP contribution < -0.4 is 5.32 Å². The number of hydrogen-bond donors (Lipinski definition) is 1. The second-order valence-electron chi connectivity index (χ2n) is 7.12. The molecule has 5 heteroatoms. The fraction of sp³-hybridized carbons (Fsp3) is 0.167. The van der Waals surface area contributed by atoms with E-state index in [1.54, 1.807) is 18.3 Å². The van der Waals surface area contributed by atoms with Gasteiger partial charge in [0.2, 0.25) is 5.91 Å². The Bertz CT molecular complexity index is 1120. The minimum absolute atomic E-state index is 0.0714. The van der Waals surface area contributed by atoms with Gasteiger partial charge in [-0.05, 0) is 41.5 Å². The van der Waals surface area contributed by atoms with Crippen molar-refractivity contribution in [2.24, 2.45) is 7.05 Å². The molecule has 1 unspecified atom stereocenters. The van der Waals surface area contributed by atoms with E-state index in [9.17, 15) is 9.18 Å². The van der Waals surface area contributed by atoms with Gasteiger partial charge in [0.1, 0.15) is 5.82 Å². The summed E-state index contributed by atoms with van der Waals surface area (Å²) in [6, 6.07) is 20.1. The van der Waals surface area contributed by atoms with Gasteiger partial charge in [-0.2, -0.15) is 0 Å². The van der Waals surface area contributed by atoms with Gasteiger partial charge in [-0.25, -0.2) is 4.39 Å². The maximum absolute atomic E-state index is 13.5. The fourth-order valence-corrected chi connectivity index (χ4v) is 3.70. The Labute approximate surface area is 169 Å². The van der Waals surface area contributed by atoms with Gasteiger partial charge in [-0.15, -0.1) is 0 Å². The van der Waals surface area contributed by atoms with E-state index in [0.29, 0.717) is 6.54 Å². The summed E-state index contributed by atoms with van der Waals surface area (Å²) < 4.78 is 15.6. The van der Waals surface area contributed by atoms with Gasteiger partial charge >= 0.3 is 0 Å². The first kappa shape index (κ1) is 18.9.